The lowest BCUT2D eigenvalue weighted by Gasteiger charge is -2.12. The van der Waals surface area contributed by atoms with Gasteiger partial charge in [0.2, 0.25) is 0 Å². The highest BCUT2D eigenvalue weighted by molar-refractivity contribution is 9.10. The average Bonchev–Trinajstić information content (AvgIpc) is 2.40. The fourth-order valence-electron chi connectivity index (χ4n) is 1.57. The van der Waals surface area contributed by atoms with Gasteiger partial charge in [0, 0.05) is 17.2 Å². The predicted octanol–water partition coefficient (Wildman–Crippen LogP) is 4.65. The number of rotatable bonds is 3. The summed E-state index contributed by atoms with van der Waals surface area (Å²) >= 11 is 3.29. The van der Waals surface area contributed by atoms with Gasteiger partial charge in [0.15, 0.2) is 0 Å². The highest BCUT2D eigenvalue weighted by Gasteiger charge is 2.31. The molecule has 0 aliphatic carbocycles. The van der Waals surface area contributed by atoms with E-state index < -0.39 is 11.7 Å². The molecule has 0 amide bonds. The minimum Gasteiger partial charge on any atom is -0.373 e. The van der Waals surface area contributed by atoms with Crippen LogP contribution in [0.3, 0.4) is 0 Å². The fourth-order valence-corrected chi connectivity index (χ4v) is 1.83. The zero-order valence-corrected chi connectivity index (χ0v) is 12.0. The molecule has 0 atom stereocenters. The first kappa shape index (κ1) is 14.6. The zero-order valence-electron chi connectivity index (χ0n) is 10.4. The van der Waals surface area contributed by atoms with Gasteiger partial charge in [-0.2, -0.15) is 13.2 Å². The number of halogens is 4. The van der Waals surface area contributed by atoms with Crippen molar-refractivity contribution >= 4 is 33.3 Å². The maximum absolute atomic E-state index is 12.8. The summed E-state index contributed by atoms with van der Waals surface area (Å²) in [4.78, 5) is 4.05. The van der Waals surface area contributed by atoms with Crippen LogP contribution < -0.4 is 10.6 Å². The van der Waals surface area contributed by atoms with Crippen LogP contribution in [0.2, 0.25) is 0 Å². The molecule has 0 aliphatic heterocycles. The van der Waals surface area contributed by atoms with Crippen LogP contribution in [-0.4, -0.2) is 12.0 Å². The zero-order chi connectivity index (χ0) is 14.8. The molecule has 1 aromatic carbocycles. The smallest absolute Gasteiger partial charge is 0.373 e. The van der Waals surface area contributed by atoms with E-state index in [1.165, 1.54) is 7.05 Å². The second-order valence-corrected chi connectivity index (χ2v) is 4.92. The van der Waals surface area contributed by atoms with Gasteiger partial charge in [-0.25, -0.2) is 4.98 Å². The van der Waals surface area contributed by atoms with E-state index in [0.717, 1.165) is 16.6 Å². The summed E-state index contributed by atoms with van der Waals surface area (Å²) in [5, 5.41) is 5.46. The van der Waals surface area contributed by atoms with Crippen LogP contribution in [-0.2, 0) is 6.18 Å². The molecule has 0 saturated heterocycles. The van der Waals surface area contributed by atoms with Crippen molar-refractivity contribution in [3.05, 3.63) is 46.4 Å². The summed E-state index contributed by atoms with van der Waals surface area (Å²) < 4.78 is 39.2. The molecule has 1 aromatic heterocycles. The second kappa shape index (κ2) is 5.70. The van der Waals surface area contributed by atoms with E-state index >= 15 is 0 Å². The molecular formula is C13H11BrF3N3. The molecule has 2 aromatic rings. The average molecular weight is 346 g/mol. The lowest BCUT2D eigenvalue weighted by Crippen LogP contribution is -2.08. The van der Waals surface area contributed by atoms with Crippen LogP contribution in [0.25, 0.3) is 0 Å². The number of hydrogen-bond donors (Lipinski definition) is 2. The van der Waals surface area contributed by atoms with Crippen LogP contribution in [0.5, 0.6) is 0 Å². The Balaban J connectivity index is 2.33. The second-order valence-electron chi connectivity index (χ2n) is 4.01. The van der Waals surface area contributed by atoms with Crippen LogP contribution >= 0.6 is 15.9 Å². The van der Waals surface area contributed by atoms with Gasteiger partial charge in [-0.15, -0.1) is 0 Å². The summed E-state index contributed by atoms with van der Waals surface area (Å²) in [6.45, 7) is 0. The minimum absolute atomic E-state index is 0.131. The van der Waals surface area contributed by atoms with Gasteiger partial charge in [0.25, 0.3) is 0 Å². The van der Waals surface area contributed by atoms with E-state index in [0.29, 0.717) is 5.69 Å². The third-order valence-electron chi connectivity index (χ3n) is 2.53. The van der Waals surface area contributed by atoms with Crippen molar-refractivity contribution in [2.45, 2.75) is 6.18 Å². The van der Waals surface area contributed by atoms with Crippen molar-refractivity contribution < 1.29 is 13.2 Å². The largest absolute Gasteiger partial charge is 0.416 e. The lowest BCUT2D eigenvalue weighted by atomic mass is 10.2. The molecule has 106 valence electrons. The van der Waals surface area contributed by atoms with Gasteiger partial charge in [-0.3, -0.25) is 0 Å². The van der Waals surface area contributed by atoms with Crippen molar-refractivity contribution in [3.8, 4) is 0 Å². The van der Waals surface area contributed by atoms with Crippen molar-refractivity contribution in [3.63, 3.8) is 0 Å². The first-order chi connectivity index (χ1) is 9.38. The molecule has 0 fully saturated rings. The minimum atomic E-state index is -4.41. The lowest BCUT2D eigenvalue weighted by molar-refractivity contribution is -0.137. The van der Waals surface area contributed by atoms with Gasteiger partial charge in [0.1, 0.15) is 11.6 Å². The van der Waals surface area contributed by atoms with Crippen LogP contribution in [0.15, 0.2) is 40.9 Å². The third-order valence-corrected chi connectivity index (χ3v) is 3.05. The van der Waals surface area contributed by atoms with Gasteiger partial charge < -0.3 is 10.6 Å². The quantitative estimate of drug-likeness (QED) is 0.850. The van der Waals surface area contributed by atoms with Gasteiger partial charge in [0.05, 0.1) is 5.56 Å². The third kappa shape index (κ3) is 3.63. The Kier molecular flexibility index (Phi) is 4.17. The molecule has 1 heterocycles. The molecule has 0 bridgehead atoms. The summed E-state index contributed by atoms with van der Waals surface area (Å²) in [7, 11) is 1.52. The Morgan fingerprint density at radius 2 is 1.65 bits per heavy atom. The molecule has 3 nitrogen and oxygen atoms in total. The predicted molar refractivity (Wildman–Crippen MR) is 76.2 cm³/mol. The summed E-state index contributed by atoms with van der Waals surface area (Å²) in [6, 6.07) is 9.00. The Labute approximate surface area is 122 Å². The molecule has 0 saturated carbocycles. The highest BCUT2D eigenvalue weighted by atomic mass is 79.9. The Morgan fingerprint density at radius 3 is 2.20 bits per heavy atom. The van der Waals surface area contributed by atoms with E-state index in [-0.39, 0.29) is 11.6 Å². The van der Waals surface area contributed by atoms with E-state index in [1.807, 2.05) is 0 Å². The number of anilines is 3. The molecular weight excluding hydrogens is 335 g/mol. The van der Waals surface area contributed by atoms with Crippen molar-refractivity contribution in [2.75, 3.05) is 17.7 Å². The maximum atomic E-state index is 12.8. The van der Waals surface area contributed by atoms with Crippen molar-refractivity contribution in [1.29, 1.82) is 0 Å². The molecule has 2 N–H and O–H groups in total. The normalized spacial score (nSPS) is 11.2. The number of nitrogens with zero attached hydrogens (tertiary/aromatic N) is 1. The monoisotopic (exact) mass is 345 g/mol. The van der Waals surface area contributed by atoms with E-state index in [9.17, 15) is 13.2 Å². The number of hydrogen-bond acceptors (Lipinski definition) is 3. The van der Waals surface area contributed by atoms with Gasteiger partial charge in [-0.05, 0) is 36.4 Å². The van der Waals surface area contributed by atoms with Crippen LogP contribution in [0, 0.1) is 0 Å². The fraction of sp³-hybridized carbons (Fsp3) is 0.154. The molecule has 20 heavy (non-hydrogen) atoms. The van der Waals surface area contributed by atoms with Crippen molar-refractivity contribution in [2.24, 2.45) is 0 Å². The molecule has 0 spiro atoms. The first-order valence-electron chi connectivity index (χ1n) is 5.68. The topological polar surface area (TPSA) is 37.0 Å². The molecule has 2 rings (SSSR count). The highest BCUT2D eigenvalue weighted by Crippen LogP contribution is 2.32. The van der Waals surface area contributed by atoms with Crippen molar-refractivity contribution in [1.82, 2.24) is 4.98 Å². The first-order valence-corrected chi connectivity index (χ1v) is 6.47. The SMILES string of the molecule is CNc1cc(C(F)(F)F)cc(Nc2ccc(Br)cc2)n1. The van der Waals surface area contributed by atoms with Gasteiger partial charge >= 0.3 is 6.18 Å². The summed E-state index contributed by atoms with van der Waals surface area (Å²) in [6.07, 6.45) is -4.41. The molecule has 0 aliphatic rings. The van der Waals surface area contributed by atoms with Crippen LogP contribution in [0.4, 0.5) is 30.5 Å². The molecule has 7 heteroatoms. The van der Waals surface area contributed by atoms with E-state index in [4.69, 9.17) is 0 Å². The number of benzene rings is 1. The standard InChI is InChI=1S/C13H11BrF3N3/c1-18-11-6-8(13(15,16)17)7-12(20-11)19-10-4-2-9(14)3-5-10/h2-7H,1H3,(H2,18,19,20). The Morgan fingerprint density at radius 1 is 1.05 bits per heavy atom. The number of nitrogens with one attached hydrogen (secondary N) is 2. The summed E-state index contributed by atoms with van der Waals surface area (Å²) in [5.41, 5.74) is -0.0986. The maximum Gasteiger partial charge on any atom is 0.416 e. The Hall–Kier alpha value is -1.76. The number of aromatic nitrogens is 1. The van der Waals surface area contributed by atoms with Crippen LogP contribution in [0.1, 0.15) is 5.56 Å². The Bertz CT molecular complexity index is 597. The van der Waals surface area contributed by atoms with E-state index in [1.54, 1.807) is 24.3 Å². The molecule has 0 radical (unpaired) electrons. The summed E-state index contributed by atoms with van der Waals surface area (Å²) in [5.74, 6) is 0.283. The van der Waals surface area contributed by atoms with Gasteiger partial charge in [-0.1, -0.05) is 15.9 Å². The number of alkyl halides is 3. The molecule has 0 unspecified atom stereocenters. The van der Waals surface area contributed by atoms with E-state index in [2.05, 4.69) is 31.5 Å². The number of pyridine rings is 1.